The van der Waals surface area contributed by atoms with E-state index < -0.39 is 0 Å². The molecule has 7 heteroatoms. The van der Waals surface area contributed by atoms with Gasteiger partial charge in [-0.1, -0.05) is 71.3 Å². The monoisotopic (exact) mass is 431 g/mol. The zero-order valence-corrected chi connectivity index (χ0v) is 19.9. The number of hydrogen-bond acceptors (Lipinski definition) is 4. The van der Waals surface area contributed by atoms with E-state index in [0.29, 0.717) is 28.5 Å². The van der Waals surface area contributed by atoms with E-state index >= 15 is 0 Å². The normalized spacial score (nSPS) is 10.3. The second-order valence-corrected chi connectivity index (χ2v) is 6.77. The molecular weight excluding hydrogens is 417 g/mol. The molecule has 1 aromatic heterocycles. The van der Waals surface area contributed by atoms with Crippen molar-refractivity contribution in [2.24, 2.45) is 0 Å². The fourth-order valence-electron chi connectivity index (χ4n) is 2.71. The van der Waals surface area contributed by atoms with Crippen LogP contribution in [0, 0.1) is 0 Å². The van der Waals surface area contributed by atoms with E-state index in [1.54, 1.807) is 28.8 Å². The molecule has 0 N–H and O–H groups in total. The molecule has 0 aliphatic carbocycles. The topological polar surface area (TPSA) is 39.9 Å². The summed E-state index contributed by atoms with van der Waals surface area (Å²) in [5, 5.41) is 9.04. The summed E-state index contributed by atoms with van der Waals surface area (Å²) in [7, 11) is 0. The Hall–Kier alpha value is -1.25. The summed E-state index contributed by atoms with van der Waals surface area (Å²) in [5.74, 6) is 0.627. The number of hydrogen-bond donors (Lipinski definition) is 0. The molecule has 0 radical (unpaired) electrons. The van der Waals surface area contributed by atoms with Gasteiger partial charge in [0.2, 0.25) is 0 Å². The maximum atomic E-state index is 5.91. The van der Waals surface area contributed by atoms with Crippen LogP contribution >= 0.6 is 11.6 Å². The van der Waals surface area contributed by atoms with E-state index in [1.165, 1.54) is 11.1 Å². The van der Waals surface area contributed by atoms with Crippen molar-refractivity contribution in [1.29, 1.82) is 0 Å². The molecule has 3 aromatic carbocycles. The minimum Gasteiger partial charge on any atom is -0.740 e. The van der Waals surface area contributed by atoms with Gasteiger partial charge in [0.05, 0.1) is 6.54 Å². The first kappa shape index (κ1) is 21.5. The zero-order chi connectivity index (χ0) is 18.6. The second-order valence-electron chi connectivity index (χ2n) is 5.97. The number of ether oxygens (including phenoxy) is 1. The summed E-state index contributed by atoms with van der Waals surface area (Å²) < 4.78 is 7.58. The molecule has 0 fully saturated rings. The van der Waals surface area contributed by atoms with E-state index in [0.717, 1.165) is 5.56 Å². The van der Waals surface area contributed by atoms with Gasteiger partial charge in [0.25, 0.3) is 0 Å². The molecule has 4 rings (SSSR count). The molecule has 4 nitrogen and oxygen atoms in total. The van der Waals surface area contributed by atoms with Gasteiger partial charge in [-0.2, -0.15) is 5.10 Å². The third-order valence-corrected chi connectivity index (χ3v) is 4.66. The quantitative estimate of drug-likeness (QED) is 0.359. The molecule has 134 valence electrons. The number of nitrogens with zero attached hydrogens (tertiary/aromatic N) is 3. The van der Waals surface area contributed by atoms with Crippen LogP contribution in [0.5, 0.6) is 11.8 Å². The van der Waals surface area contributed by atoms with Crippen molar-refractivity contribution < 1.29 is 56.1 Å². The minimum absolute atomic E-state index is 0. The molecule has 0 aliphatic heterocycles. The largest absolute Gasteiger partial charge is 1.00 e. The van der Waals surface area contributed by atoms with Gasteiger partial charge >= 0.3 is 57.4 Å². The molecule has 0 aliphatic rings. The Morgan fingerprint density at radius 1 is 0.821 bits per heavy atom. The van der Waals surface area contributed by atoms with Crippen molar-refractivity contribution in [3.8, 4) is 22.9 Å². The smallest absolute Gasteiger partial charge is 0.740 e. The molecule has 1 heterocycles. The fourth-order valence-corrected chi connectivity index (χ4v) is 3.02. The number of benzene rings is 3. The van der Waals surface area contributed by atoms with E-state index in [9.17, 15) is 0 Å². The number of halogens is 1. The molecule has 4 aromatic rings. The van der Waals surface area contributed by atoms with Gasteiger partial charge < -0.3 is 17.4 Å². The van der Waals surface area contributed by atoms with Gasteiger partial charge in [0.15, 0.2) is 0 Å². The standard InChI is InChI=1S/C21H16ClN3OS.K/c22-18-10-12-19(13-11-18)26-20-23-24-21(27)25(20)14-15-6-8-17(9-7-15)16-4-2-1-3-5-16;/h1-13H,14H2,(H,24,27);/q;+1/p-1. The van der Waals surface area contributed by atoms with Crippen LogP contribution in [-0.2, 0) is 19.2 Å². The fraction of sp³-hybridized carbons (Fsp3) is 0.0476. The van der Waals surface area contributed by atoms with Crippen LogP contribution in [0.3, 0.4) is 0 Å². The minimum atomic E-state index is 0. The van der Waals surface area contributed by atoms with E-state index in [2.05, 4.69) is 46.6 Å². The van der Waals surface area contributed by atoms with Crippen molar-refractivity contribution in [1.82, 2.24) is 14.8 Å². The van der Waals surface area contributed by atoms with Gasteiger partial charge in [-0.15, -0.1) is 0 Å². The Labute approximate surface area is 216 Å². The van der Waals surface area contributed by atoms with E-state index in [1.807, 2.05) is 18.2 Å². The maximum Gasteiger partial charge on any atom is 1.00 e. The van der Waals surface area contributed by atoms with Crippen LogP contribution in [0.1, 0.15) is 5.56 Å². The van der Waals surface area contributed by atoms with Gasteiger partial charge in [-0.25, -0.2) is 0 Å². The summed E-state index contributed by atoms with van der Waals surface area (Å²) in [5.41, 5.74) is 3.44. The third kappa shape index (κ3) is 5.21. The van der Waals surface area contributed by atoms with E-state index in [4.69, 9.17) is 29.0 Å². The maximum absolute atomic E-state index is 5.91. The Balaban J connectivity index is 0.00000225. The first-order chi connectivity index (χ1) is 13.2. The average molecular weight is 432 g/mol. The summed E-state index contributed by atoms with van der Waals surface area (Å²) in [6.07, 6.45) is 0. The van der Waals surface area contributed by atoms with Gasteiger partial charge in [0, 0.05) is 10.2 Å². The Morgan fingerprint density at radius 3 is 2.14 bits per heavy atom. The summed E-state index contributed by atoms with van der Waals surface area (Å²) in [6.45, 7) is 0.532. The van der Waals surface area contributed by atoms with Crippen LogP contribution in [0.2, 0.25) is 5.02 Å². The number of aromatic nitrogens is 3. The first-order valence-electron chi connectivity index (χ1n) is 8.37. The average Bonchev–Trinajstić information content (AvgIpc) is 3.04. The molecule has 0 bridgehead atoms. The van der Waals surface area contributed by atoms with Crippen LogP contribution < -0.4 is 56.1 Å². The summed E-state index contributed by atoms with van der Waals surface area (Å²) in [6, 6.07) is 26.0. The van der Waals surface area contributed by atoms with Crippen molar-refractivity contribution >= 4 is 24.2 Å². The molecule has 0 atom stereocenters. The van der Waals surface area contributed by atoms with Crippen molar-refractivity contribution in [3.05, 3.63) is 89.4 Å². The molecular formula is C21H15ClKN3OS. The van der Waals surface area contributed by atoms with Crippen LogP contribution in [0.25, 0.3) is 11.1 Å². The summed E-state index contributed by atoms with van der Waals surface area (Å²) >= 11 is 11.2. The molecule has 0 saturated carbocycles. The molecule has 0 spiro atoms. The predicted octanol–water partition coefficient (Wildman–Crippen LogP) is 2.35. The Morgan fingerprint density at radius 2 is 1.46 bits per heavy atom. The molecule has 0 saturated heterocycles. The van der Waals surface area contributed by atoms with Gasteiger partial charge in [0.1, 0.15) is 5.75 Å². The SMILES string of the molecule is [K+].[S-]c1nnc(Oc2ccc(Cl)cc2)n1Cc1ccc(-c2ccccc2)cc1. The third-order valence-electron chi connectivity index (χ3n) is 4.11. The number of rotatable bonds is 5. The van der Waals surface area contributed by atoms with E-state index in [-0.39, 0.29) is 51.4 Å². The van der Waals surface area contributed by atoms with Crippen molar-refractivity contribution in [2.75, 3.05) is 0 Å². The zero-order valence-electron chi connectivity index (χ0n) is 15.2. The Bertz CT molecular complexity index is 1040. The van der Waals surface area contributed by atoms with Crippen LogP contribution in [0.4, 0.5) is 0 Å². The van der Waals surface area contributed by atoms with Gasteiger partial charge in [-0.05, 0) is 41.0 Å². The summed E-state index contributed by atoms with van der Waals surface area (Å²) in [4.78, 5) is 0. The van der Waals surface area contributed by atoms with Crippen LogP contribution in [0.15, 0.2) is 84.0 Å². The van der Waals surface area contributed by atoms with Crippen molar-refractivity contribution in [3.63, 3.8) is 0 Å². The molecule has 0 amide bonds. The predicted molar refractivity (Wildman–Crippen MR) is 108 cm³/mol. The van der Waals surface area contributed by atoms with Crippen molar-refractivity contribution in [2.45, 2.75) is 11.7 Å². The Kier molecular flexibility index (Phi) is 7.65. The van der Waals surface area contributed by atoms with Crippen LogP contribution in [-0.4, -0.2) is 14.8 Å². The van der Waals surface area contributed by atoms with Gasteiger partial charge in [-0.3, -0.25) is 4.57 Å². The second kappa shape index (κ2) is 9.98. The molecule has 0 unspecified atom stereocenters. The first-order valence-corrected chi connectivity index (χ1v) is 9.16. The molecule has 28 heavy (non-hydrogen) atoms.